The Morgan fingerprint density at radius 1 is 1.16 bits per heavy atom. The van der Waals surface area contributed by atoms with E-state index in [9.17, 15) is 4.79 Å². The topological polar surface area (TPSA) is 99.4 Å². The van der Waals surface area contributed by atoms with Gasteiger partial charge in [-0.05, 0) is 68.1 Å². The van der Waals surface area contributed by atoms with E-state index in [4.69, 9.17) is 21.2 Å². The number of carbonyl (C=O) groups excluding carboxylic acids is 1. The summed E-state index contributed by atoms with van der Waals surface area (Å²) in [6.45, 7) is 7.70. The molecule has 1 saturated carbocycles. The summed E-state index contributed by atoms with van der Waals surface area (Å²) in [5.41, 5.74) is 14.6. The number of hydrogen-bond donors (Lipinski definition) is 2. The SMILES string of the molecule is CC(C)C1CCC(N2CCC(n3c(CCOC(N)=O)c(CN)c4cccnc43)CC2)CC1. The minimum Gasteiger partial charge on any atom is -0.449 e. The molecule has 2 aliphatic rings. The molecule has 1 aliphatic heterocycles. The third kappa shape index (κ3) is 4.79. The Hall–Kier alpha value is -2.12. The maximum absolute atomic E-state index is 11.1. The molecule has 1 saturated heterocycles. The van der Waals surface area contributed by atoms with Crippen molar-refractivity contribution in [1.82, 2.24) is 14.5 Å². The molecule has 7 nitrogen and oxygen atoms in total. The van der Waals surface area contributed by atoms with Crippen LogP contribution in [0.1, 0.15) is 69.7 Å². The van der Waals surface area contributed by atoms with Crippen LogP contribution in [-0.4, -0.2) is 46.3 Å². The number of likely N-dealkylation sites (tertiary alicyclic amines) is 1. The standard InChI is InChI=1S/C25H39N5O2/c1-17(2)18-5-7-19(8-6-18)29-13-9-20(10-14-29)30-23(11-15-32-25(27)31)22(16-26)21-4-3-12-28-24(21)30/h3-4,12,17-20H,5-11,13-16,26H2,1-2H3,(H2,27,31). The highest BCUT2D eigenvalue weighted by Gasteiger charge is 2.32. The van der Waals surface area contributed by atoms with Crippen molar-refractivity contribution in [3.8, 4) is 0 Å². The van der Waals surface area contributed by atoms with Gasteiger partial charge in [0.15, 0.2) is 0 Å². The number of aromatic nitrogens is 2. The number of nitrogens with zero attached hydrogens (tertiary/aromatic N) is 3. The van der Waals surface area contributed by atoms with Crippen LogP contribution >= 0.6 is 0 Å². The number of nitrogens with two attached hydrogens (primary N) is 2. The predicted octanol–water partition coefficient (Wildman–Crippen LogP) is 3.98. The molecule has 0 unspecified atom stereocenters. The molecule has 4 N–H and O–H groups in total. The summed E-state index contributed by atoms with van der Waals surface area (Å²) in [6.07, 6.45) is 9.37. The molecule has 2 fully saturated rings. The molecule has 4 rings (SSSR count). The Bertz CT molecular complexity index is 908. The number of carbonyl (C=O) groups is 1. The monoisotopic (exact) mass is 441 g/mol. The zero-order valence-corrected chi connectivity index (χ0v) is 19.6. The van der Waals surface area contributed by atoms with Gasteiger partial charge in [0.2, 0.25) is 0 Å². The van der Waals surface area contributed by atoms with Gasteiger partial charge in [-0.15, -0.1) is 0 Å². The molecular weight excluding hydrogens is 402 g/mol. The second-order valence-corrected chi connectivity index (χ2v) is 9.87. The van der Waals surface area contributed by atoms with E-state index in [2.05, 4.69) is 29.4 Å². The van der Waals surface area contributed by atoms with Crippen molar-refractivity contribution in [1.29, 1.82) is 0 Å². The fraction of sp³-hybridized carbons (Fsp3) is 0.680. The zero-order valence-electron chi connectivity index (χ0n) is 19.6. The van der Waals surface area contributed by atoms with Gasteiger partial charge >= 0.3 is 6.09 Å². The smallest absolute Gasteiger partial charge is 0.404 e. The van der Waals surface area contributed by atoms with Crippen molar-refractivity contribution in [3.63, 3.8) is 0 Å². The van der Waals surface area contributed by atoms with Crippen LogP contribution in [0.2, 0.25) is 0 Å². The highest BCUT2D eigenvalue weighted by molar-refractivity contribution is 5.82. The minimum atomic E-state index is -0.736. The van der Waals surface area contributed by atoms with Crippen LogP contribution in [0.5, 0.6) is 0 Å². The number of amides is 1. The van der Waals surface area contributed by atoms with E-state index in [1.807, 2.05) is 12.3 Å². The van der Waals surface area contributed by atoms with Gasteiger partial charge in [0.25, 0.3) is 0 Å². The number of rotatable bonds is 7. The van der Waals surface area contributed by atoms with Crippen LogP contribution in [0.15, 0.2) is 18.3 Å². The van der Waals surface area contributed by atoms with E-state index >= 15 is 0 Å². The van der Waals surface area contributed by atoms with Gasteiger partial charge in [-0.25, -0.2) is 9.78 Å². The van der Waals surface area contributed by atoms with Crippen molar-refractivity contribution in [3.05, 3.63) is 29.6 Å². The highest BCUT2D eigenvalue weighted by Crippen LogP contribution is 2.37. The Morgan fingerprint density at radius 2 is 1.88 bits per heavy atom. The third-order valence-corrected chi connectivity index (χ3v) is 7.83. The van der Waals surface area contributed by atoms with Gasteiger partial charge in [0.1, 0.15) is 5.65 Å². The van der Waals surface area contributed by atoms with Gasteiger partial charge in [0, 0.05) is 55.4 Å². The van der Waals surface area contributed by atoms with Crippen molar-refractivity contribution in [2.24, 2.45) is 23.3 Å². The molecule has 2 aromatic heterocycles. The van der Waals surface area contributed by atoms with E-state index in [1.165, 1.54) is 25.7 Å². The normalized spacial score (nSPS) is 23.1. The van der Waals surface area contributed by atoms with Crippen LogP contribution in [0.25, 0.3) is 11.0 Å². The molecule has 1 aliphatic carbocycles. The molecule has 176 valence electrons. The molecule has 0 radical (unpaired) electrons. The van der Waals surface area contributed by atoms with Crippen molar-refractivity contribution < 1.29 is 9.53 Å². The first-order chi connectivity index (χ1) is 15.5. The summed E-state index contributed by atoms with van der Waals surface area (Å²) in [5.74, 6) is 1.71. The van der Waals surface area contributed by atoms with Crippen LogP contribution in [0.3, 0.4) is 0 Å². The first kappa shape index (κ1) is 23.1. The average molecular weight is 442 g/mol. The lowest BCUT2D eigenvalue weighted by Crippen LogP contribution is -2.44. The predicted molar refractivity (Wildman–Crippen MR) is 127 cm³/mol. The molecule has 1 amide bonds. The van der Waals surface area contributed by atoms with Crippen molar-refractivity contribution in [2.75, 3.05) is 19.7 Å². The average Bonchev–Trinajstić information content (AvgIpc) is 3.12. The summed E-state index contributed by atoms with van der Waals surface area (Å²) in [5, 5.41) is 1.11. The maximum Gasteiger partial charge on any atom is 0.404 e. The molecule has 0 bridgehead atoms. The lowest BCUT2D eigenvalue weighted by Gasteiger charge is -2.42. The van der Waals surface area contributed by atoms with E-state index < -0.39 is 6.09 Å². The van der Waals surface area contributed by atoms with Gasteiger partial charge in [-0.3, -0.25) is 0 Å². The van der Waals surface area contributed by atoms with Crippen molar-refractivity contribution in [2.45, 2.75) is 77.4 Å². The largest absolute Gasteiger partial charge is 0.449 e. The van der Waals surface area contributed by atoms with Crippen LogP contribution in [0, 0.1) is 11.8 Å². The third-order valence-electron chi connectivity index (χ3n) is 7.83. The second kappa shape index (κ2) is 10.2. The number of fused-ring (bicyclic) bond motifs is 1. The van der Waals surface area contributed by atoms with Crippen molar-refractivity contribution >= 4 is 17.1 Å². The number of primary amides is 1. The molecule has 0 spiro atoms. The highest BCUT2D eigenvalue weighted by atomic mass is 16.5. The number of pyridine rings is 1. The van der Waals surface area contributed by atoms with E-state index in [-0.39, 0.29) is 6.61 Å². The van der Waals surface area contributed by atoms with E-state index in [0.29, 0.717) is 19.0 Å². The van der Waals surface area contributed by atoms with Crippen LogP contribution in [-0.2, 0) is 17.7 Å². The maximum atomic E-state index is 11.1. The summed E-state index contributed by atoms with van der Waals surface area (Å²) in [4.78, 5) is 18.5. The Labute approximate surface area is 191 Å². The van der Waals surface area contributed by atoms with Gasteiger partial charge in [0.05, 0.1) is 6.61 Å². The Morgan fingerprint density at radius 3 is 2.50 bits per heavy atom. The van der Waals surface area contributed by atoms with Crippen LogP contribution in [0.4, 0.5) is 4.79 Å². The van der Waals surface area contributed by atoms with Crippen LogP contribution < -0.4 is 11.5 Å². The first-order valence-electron chi connectivity index (χ1n) is 12.3. The zero-order chi connectivity index (χ0) is 22.7. The molecular formula is C25H39N5O2. The number of ether oxygens (including phenoxy) is 1. The van der Waals surface area contributed by atoms with Gasteiger partial charge in [-0.1, -0.05) is 13.8 Å². The first-order valence-corrected chi connectivity index (χ1v) is 12.3. The van der Waals surface area contributed by atoms with E-state index in [0.717, 1.165) is 66.1 Å². The quantitative estimate of drug-likeness (QED) is 0.677. The lowest BCUT2D eigenvalue weighted by atomic mass is 9.79. The Kier molecular flexibility index (Phi) is 7.36. The second-order valence-electron chi connectivity index (χ2n) is 9.87. The van der Waals surface area contributed by atoms with E-state index in [1.54, 1.807) is 0 Å². The molecule has 32 heavy (non-hydrogen) atoms. The minimum absolute atomic E-state index is 0.261. The summed E-state index contributed by atoms with van der Waals surface area (Å²) >= 11 is 0. The molecule has 0 atom stereocenters. The molecule has 0 aromatic carbocycles. The molecule has 3 heterocycles. The number of hydrogen-bond acceptors (Lipinski definition) is 5. The molecule has 7 heteroatoms. The fourth-order valence-corrected chi connectivity index (χ4v) is 6.04. The summed E-state index contributed by atoms with van der Waals surface area (Å²) < 4.78 is 7.45. The summed E-state index contributed by atoms with van der Waals surface area (Å²) in [7, 11) is 0. The molecule has 2 aromatic rings. The fourth-order valence-electron chi connectivity index (χ4n) is 6.04. The Balaban J connectivity index is 1.49. The summed E-state index contributed by atoms with van der Waals surface area (Å²) in [6, 6.07) is 5.20. The number of piperidine rings is 1. The van der Waals surface area contributed by atoms with Gasteiger partial charge < -0.3 is 25.7 Å². The lowest BCUT2D eigenvalue weighted by molar-refractivity contribution is 0.0886. The van der Waals surface area contributed by atoms with Gasteiger partial charge in [-0.2, -0.15) is 0 Å².